The van der Waals surface area contributed by atoms with Crippen LogP contribution in [0.15, 0.2) is 24.5 Å². The summed E-state index contributed by atoms with van der Waals surface area (Å²) in [6.45, 7) is 3.03. The second kappa shape index (κ2) is 4.94. The molecule has 4 rings (SSSR count). The van der Waals surface area contributed by atoms with Crippen molar-refractivity contribution >= 4 is 16.8 Å². The topological polar surface area (TPSA) is 53.9 Å². The lowest BCUT2D eigenvalue weighted by Gasteiger charge is -2.27. The Morgan fingerprint density at radius 2 is 2.22 bits per heavy atom. The molecule has 118 valence electrons. The molecule has 3 aromatic rings. The number of hydrogen-bond acceptors (Lipinski definition) is 2. The van der Waals surface area contributed by atoms with Gasteiger partial charge in [0.15, 0.2) is 0 Å². The van der Waals surface area contributed by atoms with Gasteiger partial charge < -0.3 is 14.5 Å². The molecule has 5 nitrogen and oxygen atoms in total. The summed E-state index contributed by atoms with van der Waals surface area (Å²) in [5.74, 6) is -0.341. The highest BCUT2D eigenvalue weighted by Gasteiger charge is 2.31. The number of rotatable bonds is 2. The number of fused-ring (bicyclic) bond motifs is 3. The van der Waals surface area contributed by atoms with Crippen molar-refractivity contribution in [1.29, 1.82) is 0 Å². The van der Waals surface area contributed by atoms with Crippen molar-refractivity contribution in [1.82, 2.24) is 19.4 Å². The third-order valence-electron chi connectivity index (χ3n) is 4.68. The molecule has 0 spiro atoms. The second-order valence-corrected chi connectivity index (χ2v) is 5.97. The molecule has 0 bridgehead atoms. The number of nitrogens with zero attached hydrogens (tertiary/aromatic N) is 3. The number of benzene rings is 1. The number of imidazole rings is 1. The fourth-order valence-corrected chi connectivity index (χ4v) is 3.43. The number of amides is 1. The van der Waals surface area contributed by atoms with Gasteiger partial charge in [-0.1, -0.05) is 12.1 Å². The van der Waals surface area contributed by atoms with Gasteiger partial charge >= 0.3 is 0 Å². The van der Waals surface area contributed by atoms with Gasteiger partial charge in [-0.2, -0.15) is 0 Å². The predicted octanol–water partition coefficient (Wildman–Crippen LogP) is 2.55. The molecule has 0 radical (unpaired) electrons. The average Bonchev–Trinajstić information content (AvgIpc) is 3.06. The van der Waals surface area contributed by atoms with Gasteiger partial charge in [-0.3, -0.25) is 4.79 Å². The van der Waals surface area contributed by atoms with Crippen molar-refractivity contribution in [2.75, 3.05) is 6.54 Å². The lowest BCUT2D eigenvalue weighted by atomic mass is 10.0. The zero-order valence-corrected chi connectivity index (χ0v) is 13.1. The zero-order chi connectivity index (χ0) is 16.1. The molecule has 6 heteroatoms. The van der Waals surface area contributed by atoms with Crippen LogP contribution in [0.1, 0.15) is 27.4 Å². The highest BCUT2D eigenvalue weighted by Crippen LogP contribution is 2.32. The second-order valence-electron chi connectivity index (χ2n) is 5.97. The first kappa shape index (κ1) is 14.0. The van der Waals surface area contributed by atoms with Gasteiger partial charge in [0, 0.05) is 36.8 Å². The third kappa shape index (κ3) is 1.98. The fourth-order valence-electron chi connectivity index (χ4n) is 3.43. The van der Waals surface area contributed by atoms with Crippen LogP contribution in [0.2, 0.25) is 0 Å². The molecule has 1 N–H and O–H groups in total. The fraction of sp³-hybridized carbons (Fsp3) is 0.294. The molecule has 2 aromatic heterocycles. The van der Waals surface area contributed by atoms with Gasteiger partial charge in [0.1, 0.15) is 5.82 Å². The first-order chi connectivity index (χ1) is 11.1. The number of H-pyrrole nitrogens is 1. The van der Waals surface area contributed by atoms with E-state index in [1.54, 1.807) is 17.3 Å². The molecule has 3 heterocycles. The summed E-state index contributed by atoms with van der Waals surface area (Å²) in [5, 5.41) is 0.691. The first-order valence-corrected chi connectivity index (χ1v) is 7.62. The number of para-hydroxylation sites is 1. The van der Waals surface area contributed by atoms with Crippen molar-refractivity contribution < 1.29 is 9.18 Å². The Morgan fingerprint density at radius 3 is 2.96 bits per heavy atom. The normalized spacial score (nSPS) is 14.6. The number of aryl methyl sites for hydroxylation is 2. The highest BCUT2D eigenvalue weighted by atomic mass is 19.1. The minimum Gasteiger partial charge on any atom is -0.348 e. The molecule has 1 aliphatic heterocycles. The maximum Gasteiger partial charge on any atom is 0.256 e. The van der Waals surface area contributed by atoms with Crippen LogP contribution in [0.5, 0.6) is 0 Å². The molecule has 0 unspecified atom stereocenters. The van der Waals surface area contributed by atoms with Gasteiger partial charge in [0.05, 0.1) is 29.6 Å². The van der Waals surface area contributed by atoms with E-state index in [1.807, 2.05) is 24.6 Å². The summed E-state index contributed by atoms with van der Waals surface area (Å²) in [4.78, 5) is 22.0. The van der Waals surface area contributed by atoms with Crippen molar-refractivity contribution in [3.8, 4) is 0 Å². The minimum absolute atomic E-state index is 0.0511. The van der Waals surface area contributed by atoms with Crippen molar-refractivity contribution in [3.63, 3.8) is 0 Å². The summed E-state index contributed by atoms with van der Waals surface area (Å²) in [5.41, 5.74) is 3.87. The lowest BCUT2D eigenvalue weighted by Crippen LogP contribution is -2.37. The zero-order valence-electron chi connectivity index (χ0n) is 13.1. The third-order valence-corrected chi connectivity index (χ3v) is 4.68. The molecule has 1 amide bonds. The number of carbonyl (C=O) groups excluding carboxylic acids is 1. The Morgan fingerprint density at radius 1 is 1.39 bits per heavy atom. The Kier molecular flexibility index (Phi) is 3.01. The average molecular weight is 314 g/mol. The minimum atomic E-state index is -0.290. The Bertz CT molecular complexity index is 924. The van der Waals surface area contributed by atoms with Crippen LogP contribution in [0.4, 0.5) is 4.39 Å². The van der Waals surface area contributed by atoms with Gasteiger partial charge in [0.25, 0.3) is 5.91 Å². The summed E-state index contributed by atoms with van der Waals surface area (Å²) < 4.78 is 16.0. The van der Waals surface area contributed by atoms with Crippen LogP contribution in [0, 0.1) is 12.7 Å². The van der Waals surface area contributed by atoms with Crippen molar-refractivity contribution in [3.05, 3.63) is 53.0 Å². The maximum atomic E-state index is 14.2. The van der Waals surface area contributed by atoms with E-state index in [9.17, 15) is 9.18 Å². The van der Waals surface area contributed by atoms with E-state index < -0.39 is 0 Å². The number of nitrogens with one attached hydrogen (secondary N) is 1. The number of aromatic amines is 1. The molecule has 0 aliphatic carbocycles. The Hall–Kier alpha value is -2.63. The standard InChI is InChI=1S/C17H17FN4O/c1-10-13(20-9-19-10)8-22-7-6-14-15(17(22)23)11-4-3-5-12(18)16(11)21(14)2/h3-5,9H,6-8H2,1-2H3,(H,19,20)/i8+2. The van der Waals surface area contributed by atoms with Gasteiger partial charge in [0.2, 0.25) is 0 Å². The number of hydrogen-bond donors (Lipinski definition) is 1. The first-order valence-electron chi connectivity index (χ1n) is 7.62. The van der Waals surface area contributed by atoms with Crippen LogP contribution < -0.4 is 0 Å². The monoisotopic (exact) mass is 314 g/mol. The molecule has 1 aliphatic rings. The van der Waals surface area contributed by atoms with E-state index in [0.717, 1.165) is 23.5 Å². The van der Waals surface area contributed by atoms with Crippen LogP contribution >= 0.6 is 0 Å². The van der Waals surface area contributed by atoms with Crippen LogP contribution in [-0.2, 0) is 20.0 Å². The van der Waals surface area contributed by atoms with E-state index in [2.05, 4.69) is 9.97 Å². The molecule has 1 aromatic carbocycles. The summed E-state index contributed by atoms with van der Waals surface area (Å²) in [6.07, 6.45) is 2.35. The van der Waals surface area contributed by atoms with Crippen LogP contribution in [-0.4, -0.2) is 31.9 Å². The number of halogens is 1. The molecular formula is C17H17FN4O. The summed E-state index contributed by atoms with van der Waals surface area (Å²) >= 11 is 0. The molecule has 0 atom stereocenters. The quantitative estimate of drug-likeness (QED) is 0.790. The summed E-state index contributed by atoms with van der Waals surface area (Å²) in [6, 6.07) is 4.91. The van der Waals surface area contributed by atoms with Crippen LogP contribution in [0.3, 0.4) is 0 Å². The predicted molar refractivity (Wildman–Crippen MR) is 84.6 cm³/mol. The summed E-state index contributed by atoms with van der Waals surface area (Å²) in [7, 11) is 1.82. The number of aromatic nitrogens is 3. The van der Waals surface area contributed by atoms with Gasteiger partial charge in [-0.25, -0.2) is 9.37 Å². The van der Waals surface area contributed by atoms with Crippen LogP contribution in [0.25, 0.3) is 10.9 Å². The van der Waals surface area contributed by atoms with E-state index in [4.69, 9.17) is 0 Å². The van der Waals surface area contributed by atoms with E-state index in [0.29, 0.717) is 29.6 Å². The maximum absolute atomic E-state index is 14.2. The largest absolute Gasteiger partial charge is 0.348 e. The molecule has 0 fully saturated rings. The van der Waals surface area contributed by atoms with E-state index in [-0.39, 0.29) is 11.7 Å². The van der Waals surface area contributed by atoms with Crippen molar-refractivity contribution in [2.24, 2.45) is 7.05 Å². The Balaban J connectivity index is 1.80. The smallest absolute Gasteiger partial charge is 0.256 e. The van der Waals surface area contributed by atoms with Gasteiger partial charge in [-0.15, -0.1) is 0 Å². The van der Waals surface area contributed by atoms with Crippen molar-refractivity contribution in [2.45, 2.75) is 19.9 Å². The van der Waals surface area contributed by atoms with E-state index >= 15 is 0 Å². The molecular weight excluding hydrogens is 297 g/mol. The van der Waals surface area contributed by atoms with Gasteiger partial charge in [-0.05, 0) is 13.0 Å². The highest BCUT2D eigenvalue weighted by molar-refractivity contribution is 6.09. The van der Waals surface area contributed by atoms with E-state index in [1.165, 1.54) is 6.07 Å². The Labute approximate surface area is 132 Å². The molecule has 0 saturated carbocycles. The number of carbonyl (C=O) groups is 1. The molecule has 23 heavy (non-hydrogen) atoms. The lowest BCUT2D eigenvalue weighted by molar-refractivity contribution is 0.0725. The molecule has 0 saturated heterocycles. The SMILES string of the molecule is Cc1[nH]cnc1[14CH2]N1CCc2c(c3cccc(F)c3n2C)C1=O.